The molecule has 1 N–H and O–H groups in total. The highest BCUT2D eigenvalue weighted by Crippen LogP contribution is 2.39. The first-order valence-corrected chi connectivity index (χ1v) is 6.43. The highest BCUT2D eigenvalue weighted by molar-refractivity contribution is 5.92. The minimum Gasteiger partial charge on any atom is -0.336 e. The molecule has 0 aliphatic heterocycles. The van der Waals surface area contributed by atoms with Crippen LogP contribution in [0.1, 0.15) is 40.5 Å². The molecule has 0 unspecified atom stereocenters. The number of pyridine rings is 1. The van der Waals surface area contributed by atoms with E-state index in [0.717, 1.165) is 11.3 Å². The van der Waals surface area contributed by atoms with Crippen LogP contribution < -0.4 is 0 Å². The number of nitrogens with one attached hydrogen (secondary N) is 1. The Hall–Kier alpha value is -2.17. The number of aromatic nitrogens is 3. The number of hydrogen-bond acceptors (Lipinski definition) is 3. The summed E-state index contributed by atoms with van der Waals surface area (Å²) in [6, 6.07) is 5.70. The predicted octanol–water partition coefficient (Wildman–Crippen LogP) is 1.95. The smallest absolute Gasteiger partial charge is 0.274 e. The number of hydrogen-bond donors (Lipinski definition) is 1. The monoisotopic (exact) mass is 256 g/mol. The van der Waals surface area contributed by atoms with Gasteiger partial charge in [0, 0.05) is 37.6 Å². The summed E-state index contributed by atoms with van der Waals surface area (Å²) in [6.07, 6.45) is 5.88. The summed E-state index contributed by atoms with van der Waals surface area (Å²) in [5.41, 5.74) is 2.59. The van der Waals surface area contributed by atoms with E-state index < -0.39 is 0 Å². The number of aromatic amines is 1. The number of rotatable bonds is 4. The molecule has 0 spiro atoms. The Morgan fingerprint density at radius 3 is 3.05 bits per heavy atom. The van der Waals surface area contributed by atoms with Gasteiger partial charge in [-0.25, -0.2) is 0 Å². The molecule has 0 aromatic carbocycles. The third-order valence-electron chi connectivity index (χ3n) is 3.32. The van der Waals surface area contributed by atoms with Gasteiger partial charge in [0.2, 0.25) is 0 Å². The number of nitrogens with zero attached hydrogens (tertiary/aromatic N) is 3. The molecule has 0 bridgehead atoms. The summed E-state index contributed by atoms with van der Waals surface area (Å²) in [5.74, 6) is 0.518. The standard InChI is InChI=1S/C14H16N4O/c1-18(9-10-3-2-6-15-8-10)14(19)13-7-12(16-17-13)11-4-5-11/h2-3,6-8,11H,4-5,9H2,1H3,(H,16,17). The van der Waals surface area contributed by atoms with E-state index >= 15 is 0 Å². The third-order valence-corrected chi connectivity index (χ3v) is 3.32. The molecular weight excluding hydrogens is 240 g/mol. The van der Waals surface area contributed by atoms with Crippen molar-refractivity contribution in [3.63, 3.8) is 0 Å². The maximum atomic E-state index is 12.2. The second-order valence-electron chi connectivity index (χ2n) is 5.01. The molecule has 1 aliphatic carbocycles. The first-order chi connectivity index (χ1) is 9.24. The highest BCUT2D eigenvalue weighted by atomic mass is 16.2. The molecule has 5 nitrogen and oxygen atoms in total. The maximum Gasteiger partial charge on any atom is 0.274 e. The van der Waals surface area contributed by atoms with Gasteiger partial charge in [-0.05, 0) is 30.5 Å². The van der Waals surface area contributed by atoms with E-state index in [9.17, 15) is 4.79 Å². The fourth-order valence-corrected chi connectivity index (χ4v) is 2.08. The molecule has 1 aliphatic rings. The van der Waals surface area contributed by atoms with Crippen molar-refractivity contribution in [2.24, 2.45) is 0 Å². The quantitative estimate of drug-likeness (QED) is 0.909. The lowest BCUT2D eigenvalue weighted by atomic mass is 10.2. The SMILES string of the molecule is CN(Cc1cccnc1)C(=O)c1cc(C2CC2)[nH]n1. The molecule has 2 heterocycles. The predicted molar refractivity (Wildman–Crippen MR) is 70.6 cm³/mol. The number of amides is 1. The van der Waals surface area contributed by atoms with E-state index in [-0.39, 0.29) is 5.91 Å². The first kappa shape index (κ1) is 11.9. The van der Waals surface area contributed by atoms with Crippen LogP contribution in [-0.2, 0) is 6.54 Å². The summed E-state index contributed by atoms with van der Waals surface area (Å²) in [6.45, 7) is 0.540. The molecule has 2 aromatic rings. The molecule has 1 fully saturated rings. The lowest BCUT2D eigenvalue weighted by molar-refractivity contribution is 0.0779. The van der Waals surface area contributed by atoms with E-state index in [1.807, 2.05) is 18.2 Å². The van der Waals surface area contributed by atoms with Gasteiger partial charge in [0.15, 0.2) is 0 Å². The highest BCUT2D eigenvalue weighted by Gasteiger charge is 2.27. The molecule has 0 atom stereocenters. The second kappa shape index (κ2) is 4.84. The van der Waals surface area contributed by atoms with Crippen LogP contribution in [0.4, 0.5) is 0 Å². The molecule has 19 heavy (non-hydrogen) atoms. The van der Waals surface area contributed by atoms with Crippen LogP contribution in [0.2, 0.25) is 0 Å². The summed E-state index contributed by atoms with van der Waals surface area (Å²) >= 11 is 0. The Labute approximate surface area is 111 Å². The van der Waals surface area contributed by atoms with Gasteiger partial charge < -0.3 is 4.90 Å². The van der Waals surface area contributed by atoms with Crippen LogP contribution >= 0.6 is 0 Å². The number of H-pyrrole nitrogens is 1. The first-order valence-electron chi connectivity index (χ1n) is 6.43. The topological polar surface area (TPSA) is 61.9 Å². The zero-order chi connectivity index (χ0) is 13.2. The van der Waals surface area contributed by atoms with Gasteiger partial charge in [0.05, 0.1) is 0 Å². The van der Waals surface area contributed by atoms with E-state index in [1.54, 1.807) is 24.3 Å². The maximum absolute atomic E-state index is 12.2. The van der Waals surface area contributed by atoms with Gasteiger partial charge in [0.1, 0.15) is 5.69 Å². The number of carbonyl (C=O) groups is 1. The van der Waals surface area contributed by atoms with Crippen molar-refractivity contribution in [3.8, 4) is 0 Å². The summed E-state index contributed by atoms with van der Waals surface area (Å²) in [5, 5.41) is 7.07. The van der Waals surface area contributed by atoms with Gasteiger partial charge >= 0.3 is 0 Å². The Bertz CT molecular complexity index is 574. The van der Waals surface area contributed by atoms with Crippen molar-refractivity contribution < 1.29 is 4.79 Å². The van der Waals surface area contributed by atoms with Crippen molar-refractivity contribution >= 4 is 5.91 Å². The largest absolute Gasteiger partial charge is 0.336 e. The fourth-order valence-electron chi connectivity index (χ4n) is 2.08. The zero-order valence-corrected chi connectivity index (χ0v) is 10.8. The lowest BCUT2D eigenvalue weighted by Gasteiger charge is -2.15. The van der Waals surface area contributed by atoms with E-state index in [2.05, 4.69) is 15.2 Å². The Balaban J connectivity index is 1.68. The second-order valence-corrected chi connectivity index (χ2v) is 5.01. The van der Waals surface area contributed by atoms with Crippen molar-refractivity contribution in [2.45, 2.75) is 25.3 Å². The normalized spacial score (nSPS) is 14.4. The Morgan fingerprint density at radius 2 is 2.37 bits per heavy atom. The van der Waals surface area contributed by atoms with Crippen LogP contribution in [0.15, 0.2) is 30.6 Å². The van der Waals surface area contributed by atoms with E-state index in [0.29, 0.717) is 18.2 Å². The molecule has 0 radical (unpaired) electrons. The lowest BCUT2D eigenvalue weighted by Crippen LogP contribution is -2.26. The van der Waals surface area contributed by atoms with Crippen LogP contribution in [0.5, 0.6) is 0 Å². The van der Waals surface area contributed by atoms with Crippen LogP contribution in [0.3, 0.4) is 0 Å². The molecule has 5 heteroatoms. The molecule has 1 amide bonds. The van der Waals surface area contributed by atoms with Crippen molar-refractivity contribution in [1.29, 1.82) is 0 Å². The van der Waals surface area contributed by atoms with Crippen molar-refractivity contribution in [1.82, 2.24) is 20.1 Å². The van der Waals surface area contributed by atoms with Crippen molar-refractivity contribution in [3.05, 3.63) is 47.5 Å². The number of carbonyl (C=O) groups excluding carboxylic acids is 1. The molecule has 2 aromatic heterocycles. The third kappa shape index (κ3) is 2.65. The molecule has 0 saturated heterocycles. The van der Waals surface area contributed by atoms with Gasteiger partial charge in [-0.2, -0.15) is 5.10 Å². The van der Waals surface area contributed by atoms with Crippen LogP contribution in [0.25, 0.3) is 0 Å². The molecular formula is C14H16N4O. The van der Waals surface area contributed by atoms with Crippen molar-refractivity contribution in [2.75, 3.05) is 7.05 Å². The fraction of sp³-hybridized carbons (Fsp3) is 0.357. The molecule has 1 saturated carbocycles. The van der Waals surface area contributed by atoms with Gasteiger partial charge in [0.25, 0.3) is 5.91 Å². The minimum atomic E-state index is -0.0630. The van der Waals surface area contributed by atoms with Gasteiger partial charge in [-0.3, -0.25) is 14.9 Å². The average molecular weight is 256 g/mol. The summed E-state index contributed by atoms with van der Waals surface area (Å²) in [7, 11) is 1.78. The molecule has 3 rings (SSSR count). The Morgan fingerprint density at radius 1 is 1.53 bits per heavy atom. The molecule has 98 valence electrons. The Kier molecular flexibility index (Phi) is 3.03. The average Bonchev–Trinajstić information content (AvgIpc) is 3.17. The van der Waals surface area contributed by atoms with E-state index in [4.69, 9.17) is 0 Å². The van der Waals surface area contributed by atoms with Crippen LogP contribution in [0, 0.1) is 0 Å². The minimum absolute atomic E-state index is 0.0630. The zero-order valence-electron chi connectivity index (χ0n) is 10.8. The van der Waals surface area contributed by atoms with E-state index in [1.165, 1.54) is 12.8 Å². The summed E-state index contributed by atoms with van der Waals surface area (Å²) in [4.78, 5) is 17.9. The van der Waals surface area contributed by atoms with Gasteiger partial charge in [-0.15, -0.1) is 0 Å². The van der Waals surface area contributed by atoms with Gasteiger partial charge in [-0.1, -0.05) is 6.07 Å². The summed E-state index contributed by atoms with van der Waals surface area (Å²) < 4.78 is 0. The van der Waals surface area contributed by atoms with Crippen LogP contribution in [-0.4, -0.2) is 33.0 Å².